The molecular formula is C18H25ClO2. The summed E-state index contributed by atoms with van der Waals surface area (Å²) in [5.74, 6) is -0.125. The smallest absolute Gasteiger partial charge is 0.306 e. The van der Waals surface area contributed by atoms with Crippen molar-refractivity contribution >= 4 is 17.6 Å². The van der Waals surface area contributed by atoms with Crippen molar-refractivity contribution in [2.45, 2.75) is 46.5 Å². The van der Waals surface area contributed by atoms with Gasteiger partial charge in [-0.25, -0.2) is 0 Å². The highest BCUT2D eigenvalue weighted by Crippen LogP contribution is 2.44. The van der Waals surface area contributed by atoms with E-state index in [1.807, 2.05) is 24.3 Å². The molecule has 0 spiro atoms. The molecule has 0 heterocycles. The third-order valence-corrected chi connectivity index (χ3v) is 5.33. The van der Waals surface area contributed by atoms with Gasteiger partial charge < -0.3 is 5.11 Å². The average Bonchev–Trinajstić information content (AvgIpc) is 2.40. The van der Waals surface area contributed by atoms with Crippen LogP contribution in [-0.2, 0) is 11.2 Å². The monoisotopic (exact) mass is 308 g/mol. The largest absolute Gasteiger partial charge is 0.481 e. The molecule has 0 amide bonds. The minimum atomic E-state index is -0.653. The zero-order chi connectivity index (χ0) is 15.6. The Hall–Kier alpha value is -1.02. The highest BCUT2D eigenvalue weighted by atomic mass is 35.5. The van der Waals surface area contributed by atoms with Crippen LogP contribution >= 0.6 is 11.6 Å². The summed E-state index contributed by atoms with van der Waals surface area (Å²) >= 11 is 6.25. The number of aliphatic carboxylic acids is 1. The van der Waals surface area contributed by atoms with Crippen molar-refractivity contribution in [3.8, 4) is 0 Å². The Morgan fingerprint density at radius 2 is 1.95 bits per heavy atom. The fourth-order valence-electron chi connectivity index (χ4n) is 3.55. The van der Waals surface area contributed by atoms with Crippen molar-refractivity contribution in [3.05, 3.63) is 34.9 Å². The van der Waals surface area contributed by atoms with Crippen LogP contribution < -0.4 is 0 Å². The van der Waals surface area contributed by atoms with Gasteiger partial charge in [0.25, 0.3) is 0 Å². The van der Waals surface area contributed by atoms with Crippen LogP contribution in [0, 0.1) is 23.2 Å². The van der Waals surface area contributed by atoms with Gasteiger partial charge >= 0.3 is 5.97 Å². The highest BCUT2D eigenvalue weighted by Gasteiger charge is 2.39. The molecule has 3 atom stereocenters. The van der Waals surface area contributed by atoms with Crippen LogP contribution in [0.1, 0.15) is 45.6 Å². The number of carbonyl (C=O) groups is 1. The van der Waals surface area contributed by atoms with Crippen molar-refractivity contribution in [1.82, 2.24) is 0 Å². The lowest BCUT2D eigenvalue weighted by Gasteiger charge is -2.40. The van der Waals surface area contributed by atoms with Gasteiger partial charge in [0, 0.05) is 5.02 Å². The fourth-order valence-corrected chi connectivity index (χ4v) is 3.76. The molecule has 0 saturated heterocycles. The molecule has 21 heavy (non-hydrogen) atoms. The van der Waals surface area contributed by atoms with E-state index >= 15 is 0 Å². The van der Waals surface area contributed by atoms with E-state index in [1.165, 1.54) is 0 Å². The molecule has 1 saturated carbocycles. The number of rotatable bonds is 3. The first kappa shape index (κ1) is 16.4. The topological polar surface area (TPSA) is 37.3 Å². The molecule has 2 rings (SSSR count). The van der Waals surface area contributed by atoms with E-state index in [4.69, 9.17) is 11.6 Å². The zero-order valence-electron chi connectivity index (χ0n) is 13.1. The predicted molar refractivity (Wildman–Crippen MR) is 86.6 cm³/mol. The Bertz CT molecular complexity index is 504. The van der Waals surface area contributed by atoms with Gasteiger partial charge in [-0.15, -0.1) is 0 Å². The third kappa shape index (κ3) is 4.00. The van der Waals surface area contributed by atoms with Gasteiger partial charge in [0.1, 0.15) is 0 Å². The van der Waals surface area contributed by atoms with Crippen LogP contribution in [0.5, 0.6) is 0 Å². The van der Waals surface area contributed by atoms with Gasteiger partial charge in [0.15, 0.2) is 0 Å². The Balaban J connectivity index is 2.18. The van der Waals surface area contributed by atoms with E-state index in [0.717, 1.165) is 36.3 Å². The number of hydrogen-bond acceptors (Lipinski definition) is 1. The van der Waals surface area contributed by atoms with Crippen LogP contribution in [0.2, 0.25) is 5.02 Å². The molecule has 3 unspecified atom stereocenters. The summed E-state index contributed by atoms with van der Waals surface area (Å²) in [4.78, 5) is 11.6. The van der Waals surface area contributed by atoms with Crippen molar-refractivity contribution < 1.29 is 9.90 Å². The van der Waals surface area contributed by atoms with Crippen molar-refractivity contribution in [1.29, 1.82) is 0 Å². The van der Waals surface area contributed by atoms with Gasteiger partial charge in [-0.1, -0.05) is 50.6 Å². The fraction of sp³-hybridized carbons (Fsp3) is 0.611. The lowest BCUT2D eigenvalue weighted by molar-refractivity contribution is -0.146. The van der Waals surface area contributed by atoms with Gasteiger partial charge in [0.2, 0.25) is 0 Å². The van der Waals surface area contributed by atoms with E-state index in [-0.39, 0.29) is 17.3 Å². The summed E-state index contributed by atoms with van der Waals surface area (Å²) in [5.41, 5.74) is 1.31. The molecule has 1 N–H and O–H groups in total. The van der Waals surface area contributed by atoms with Crippen LogP contribution in [0.25, 0.3) is 0 Å². The molecule has 1 aliphatic carbocycles. The van der Waals surface area contributed by atoms with Crippen molar-refractivity contribution in [2.75, 3.05) is 0 Å². The molecule has 0 aliphatic heterocycles. The minimum Gasteiger partial charge on any atom is -0.481 e. The SMILES string of the molecule is CC(C)(C)C1CCC(C(=O)O)C(Cc2ccccc2Cl)C1. The zero-order valence-corrected chi connectivity index (χ0v) is 13.9. The first-order chi connectivity index (χ1) is 9.79. The summed E-state index contributed by atoms with van der Waals surface area (Å²) < 4.78 is 0. The van der Waals surface area contributed by atoms with E-state index in [1.54, 1.807) is 0 Å². The molecule has 2 nitrogen and oxygen atoms in total. The molecule has 1 aliphatic rings. The van der Waals surface area contributed by atoms with Gasteiger partial charge in [0.05, 0.1) is 5.92 Å². The van der Waals surface area contributed by atoms with Crippen molar-refractivity contribution in [3.63, 3.8) is 0 Å². The van der Waals surface area contributed by atoms with Gasteiger partial charge in [-0.05, 0) is 54.6 Å². The lowest BCUT2D eigenvalue weighted by Crippen LogP contribution is -2.36. The molecule has 1 aromatic rings. The normalized spacial score (nSPS) is 26.6. The molecule has 3 heteroatoms. The van der Waals surface area contributed by atoms with Gasteiger partial charge in [-0.3, -0.25) is 4.79 Å². The number of carboxylic acid groups (broad SMARTS) is 1. The van der Waals surface area contributed by atoms with E-state index in [0.29, 0.717) is 5.92 Å². The summed E-state index contributed by atoms with van der Waals surface area (Å²) in [6, 6.07) is 7.79. The van der Waals surface area contributed by atoms with Crippen molar-refractivity contribution in [2.24, 2.45) is 23.2 Å². The third-order valence-electron chi connectivity index (χ3n) is 4.96. The van der Waals surface area contributed by atoms with E-state index in [2.05, 4.69) is 20.8 Å². The Labute approximate surface area is 132 Å². The Morgan fingerprint density at radius 3 is 2.52 bits per heavy atom. The molecule has 0 radical (unpaired) electrons. The quantitative estimate of drug-likeness (QED) is 0.848. The molecule has 0 aromatic heterocycles. The van der Waals surface area contributed by atoms with Crippen LogP contribution in [-0.4, -0.2) is 11.1 Å². The number of hydrogen-bond donors (Lipinski definition) is 1. The number of carboxylic acids is 1. The molecule has 1 aromatic carbocycles. The lowest BCUT2D eigenvalue weighted by atomic mass is 9.64. The highest BCUT2D eigenvalue weighted by molar-refractivity contribution is 6.31. The van der Waals surface area contributed by atoms with Gasteiger partial charge in [-0.2, -0.15) is 0 Å². The summed E-state index contributed by atoms with van der Waals surface area (Å²) in [5, 5.41) is 10.3. The maximum absolute atomic E-state index is 11.6. The first-order valence-electron chi connectivity index (χ1n) is 7.75. The molecule has 1 fully saturated rings. The average molecular weight is 309 g/mol. The second kappa shape index (κ2) is 6.39. The predicted octanol–water partition coefficient (Wildman–Crippen LogP) is 5.05. The minimum absolute atomic E-state index is 0.181. The molecule has 0 bridgehead atoms. The second-order valence-corrected chi connectivity index (χ2v) is 7.78. The van der Waals surface area contributed by atoms with Crippen LogP contribution in [0.3, 0.4) is 0 Å². The summed E-state index contributed by atoms with van der Waals surface area (Å²) in [7, 11) is 0. The Kier molecular flexibility index (Phi) is 4.98. The van der Waals surface area contributed by atoms with E-state index in [9.17, 15) is 9.90 Å². The standard InChI is InChI=1S/C18H25ClO2/c1-18(2,3)14-8-9-15(17(20)21)13(11-14)10-12-6-4-5-7-16(12)19/h4-7,13-15H,8-11H2,1-3H3,(H,20,21). The number of benzene rings is 1. The second-order valence-electron chi connectivity index (χ2n) is 7.38. The first-order valence-corrected chi connectivity index (χ1v) is 8.13. The molecule has 116 valence electrons. The van der Waals surface area contributed by atoms with Crippen LogP contribution in [0.15, 0.2) is 24.3 Å². The number of halogens is 1. The maximum Gasteiger partial charge on any atom is 0.306 e. The van der Waals surface area contributed by atoms with E-state index < -0.39 is 5.97 Å². The van der Waals surface area contributed by atoms with Crippen LogP contribution in [0.4, 0.5) is 0 Å². The molecular weight excluding hydrogens is 284 g/mol. The maximum atomic E-state index is 11.6. The Morgan fingerprint density at radius 1 is 1.29 bits per heavy atom. The summed E-state index contributed by atoms with van der Waals surface area (Å²) in [6.45, 7) is 6.77. The summed E-state index contributed by atoms with van der Waals surface area (Å²) in [6.07, 6.45) is 3.54.